The molecule has 1 amide bonds. The molecule has 0 atom stereocenters. The number of hydrogen-bond acceptors (Lipinski definition) is 6. The third-order valence-electron chi connectivity index (χ3n) is 5.02. The molecule has 0 bridgehead atoms. The van der Waals surface area contributed by atoms with Crippen LogP contribution in [-0.4, -0.2) is 41.6 Å². The highest BCUT2D eigenvalue weighted by atomic mass is 16.5. The average molecular weight is 393 g/mol. The van der Waals surface area contributed by atoms with Crippen LogP contribution in [0.3, 0.4) is 0 Å². The Kier molecular flexibility index (Phi) is 6.35. The summed E-state index contributed by atoms with van der Waals surface area (Å²) in [5.41, 5.74) is 0.664. The minimum absolute atomic E-state index is 0.0169. The molecule has 2 aromatic carbocycles. The topological polar surface area (TPSA) is 103 Å². The summed E-state index contributed by atoms with van der Waals surface area (Å²) in [4.78, 5) is 26.1. The third-order valence-corrected chi connectivity index (χ3v) is 5.02. The molecular weight excluding hydrogens is 370 g/mol. The number of aromatic hydroxyl groups is 1. The van der Waals surface area contributed by atoms with Gasteiger partial charge in [0.25, 0.3) is 5.91 Å². The number of amides is 1. The summed E-state index contributed by atoms with van der Waals surface area (Å²) < 4.78 is 5.04. The van der Waals surface area contributed by atoms with Crippen molar-refractivity contribution >= 4 is 28.3 Å². The number of carbonyl (C=O) groups excluding carboxylic acids is 2. The van der Waals surface area contributed by atoms with E-state index >= 15 is 0 Å². The van der Waals surface area contributed by atoms with Gasteiger partial charge in [-0.25, -0.2) is 0 Å². The standard InChI is InChI=1S/C22H23N3O4/c1-2-29-22(28)15-9-11-25(12-10-15)21(27)16(13-23)14-24-19-7-3-6-18-17(19)5-4-8-20(18)26/h3-8,14-15,24,26H,2,9-12H2,1H3/b16-14-. The monoisotopic (exact) mass is 393 g/mol. The predicted octanol–water partition coefficient (Wildman–Crippen LogP) is 3.17. The quantitative estimate of drug-likeness (QED) is 0.460. The second-order valence-corrected chi connectivity index (χ2v) is 6.81. The number of likely N-dealkylation sites (tertiary alicyclic amines) is 1. The molecule has 1 fully saturated rings. The zero-order chi connectivity index (χ0) is 20.8. The van der Waals surface area contributed by atoms with Crippen molar-refractivity contribution in [2.75, 3.05) is 25.0 Å². The molecule has 7 heteroatoms. The van der Waals surface area contributed by atoms with Crippen molar-refractivity contribution in [3.05, 3.63) is 48.2 Å². The van der Waals surface area contributed by atoms with E-state index in [2.05, 4.69) is 5.32 Å². The maximum atomic E-state index is 12.7. The van der Waals surface area contributed by atoms with Crippen LogP contribution in [0.4, 0.5) is 5.69 Å². The summed E-state index contributed by atoms with van der Waals surface area (Å²) in [6.45, 7) is 2.93. The molecule has 1 aliphatic rings. The molecule has 0 aromatic heterocycles. The van der Waals surface area contributed by atoms with Gasteiger partial charge in [0, 0.05) is 35.7 Å². The first-order valence-electron chi connectivity index (χ1n) is 9.58. The van der Waals surface area contributed by atoms with Crippen LogP contribution in [-0.2, 0) is 14.3 Å². The lowest BCUT2D eigenvalue weighted by Crippen LogP contribution is -2.41. The highest BCUT2D eigenvalue weighted by Gasteiger charge is 2.29. The Bertz CT molecular complexity index is 985. The van der Waals surface area contributed by atoms with Crippen LogP contribution in [0.5, 0.6) is 5.75 Å². The lowest BCUT2D eigenvalue weighted by atomic mass is 9.96. The number of rotatable bonds is 5. The van der Waals surface area contributed by atoms with Crippen molar-refractivity contribution in [3.8, 4) is 11.8 Å². The Morgan fingerprint density at radius 3 is 2.62 bits per heavy atom. The number of piperidine rings is 1. The van der Waals surface area contributed by atoms with E-state index in [4.69, 9.17) is 4.74 Å². The summed E-state index contributed by atoms with van der Waals surface area (Å²) in [7, 11) is 0. The first kappa shape index (κ1) is 20.2. The van der Waals surface area contributed by atoms with Gasteiger partial charge in [-0.15, -0.1) is 0 Å². The van der Waals surface area contributed by atoms with Crippen molar-refractivity contribution in [1.29, 1.82) is 5.26 Å². The van der Waals surface area contributed by atoms with Crippen LogP contribution in [0.15, 0.2) is 48.2 Å². The van der Waals surface area contributed by atoms with Crippen molar-refractivity contribution in [2.45, 2.75) is 19.8 Å². The van der Waals surface area contributed by atoms with Crippen molar-refractivity contribution in [1.82, 2.24) is 4.90 Å². The average Bonchev–Trinajstić information content (AvgIpc) is 2.75. The first-order chi connectivity index (χ1) is 14.0. The molecule has 0 aliphatic carbocycles. The normalized spacial score (nSPS) is 15.0. The number of phenols is 1. The third kappa shape index (κ3) is 4.49. The molecule has 3 rings (SSSR count). The zero-order valence-electron chi connectivity index (χ0n) is 16.2. The summed E-state index contributed by atoms with van der Waals surface area (Å²) in [6.07, 6.45) is 2.44. The van der Waals surface area contributed by atoms with Crippen LogP contribution in [0.1, 0.15) is 19.8 Å². The number of esters is 1. The molecular formula is C22H23N3O4. The van der Waals surface area contributed by atoms with Crippen LogP contribution < -0.4 is 5.32 Å². The minimum atomic E-state index is -0.370. The summed E-state index contributed by atoms with van der Waals surface area (Å²) >= 11 is 0. The number of nitrogens with one attached hydrogen (secondary N) is 1. The van der Waals surface area contributed by atoms with E-state index in [9.17, 15) is 20.0 Å². The predicted molar refractivity (Wildman–Crippen MR) is 109 cm³/mol. The van der Waals surface area contributed by atoms with Crippen LogP contribution >= 0.6 is 0 Å². The van der Waals surface area contributed by atoms with Crippen molar-refractivity contribution in [2.24, 2.45) is 5.92 Å². The molecule has 1 aliphatic heterocycles. The molecule has 0 radical (unpaired) electrons. The maximum absolute atomic E-state index is 12.7. The smallest absolute Gasteiger partial charge is 0.309 e. The molecule has 0 spiro atoms. The van der Waals surface area contributed by atoms with E-state index in [1.54, 1.807) is 36.1 Å². The number of fused-ring (bicyclic) bond motifs is 1. The fourth-order valence-electron chi connectivity index (χ4n) is 3.46. The number of phenolic OH excluding ortho intramolecular Hbond substituents is 1. The Morgan fingerprint density at radius 2 is 1.93 bits per heavy atom. The molecule has 2 aromatic rings. The first-order valence-corrected chi connectivity index (χ1v) is 9.58. The van der Waals surface area contributed by atoms with Crippen LogP contribution in [0.25, 0.3) is 10.8 Å². The largest absolute Gasteiger partial charge is 0.507 e. The molecule has 1 saturated heterocycles. The molecule has 0 unspecified atom stereocenters. The second kappa shape index (κ2) is 9.11. The van der Waals surface area contributed by atoms with Crippen LogP contribution in [0.2, 0.25) is 0 Å². The summed E-state index contributed by atoms with van der Waals surface area (Å²) in [5.74, 6) is -0.631. The number of hydrogen-bond donors (Lipinski definition) is 2. The Labute approximate surface area is 169 Å². The Morgan fingerprint density at radius 1 is 1.24 bits per heavy atom. The highest BCUT2D eigenvalue weighted by molar-refractivity contribution is 6.00. The van der Waals surface area contributed by atoms with E-state index < -0.39 is 0 Å². The number of ether oxygens (including phenoxy) is 1. The van der Waals surface area contributed by atoms with Gasteiger partial charge in [-0.2, -0.15) is 5.26 Å². The van der Waals surface area contributed by atoms with E-state index in [-0.39, 0.29) is 29.1 Å². The Balaban J connectivity index is 1.70. The Hall–Kier alpha value is -3.53. The van der Waals surface area contributed by atoms with Gasteiger partial charge in [0.2, 0.25) is 0 Å². The molecule has 7 nitrogen and oxygen atoms in total. The summed E-state index contributed by atoms with van der Waals surface area (Å²) in [5, 5.41) is 23.9. The number of benzene rings is 2. The SMILES string of the molecule is CCOC(=O)C1CCN(C(=O)/C(C#N)=C\Nc2cccc3c(O)cccc23)CC1. The van der Waals surface area contributed by atoms with Crippen molar-refractivity contribution < 1.29 is 19.4 Å². The number of nitriles is 1. The number of carbonyl (C=O) groups is 2. The minimum Gasteiger partial charge on any atom is -0.507 e. The highest BCUT2D eigenvalue weighted by Crippen LogP contribution is 2.30. The number of anilines is 1. The van der Waals surface area contributed by atoms with Gasteiger partial charge in [-0.1, -0.05) is 24.3 Å². The van der Waals surface area contributed by atoms with Gasteiger partial charge >= 0.3 is 5.97 Å². The molecule has 1 heterocycles. The molecule has 29 heavy (non-hydrogen) atoms. The maximum Gasteiger partial charge on any atom is 0.309 e. The van der Waals surface area contributed by atoms with E-state index in [1.165, 1.54) is 6.20 Å². The van der Waals surface area contributed by atoms with Gasteiger partial charge in [-0.05, 0) is 31.9 Å². The van der Waals surface area contributed by atoms with Gasteiger partial charge in [-0.3, -0.25) is 9.59 Å². The van der Waals surface area contributed by atoms with E-state index in [0.717, 1.165) is 5.39 Å². The van der Waals surface area contributed by atoms with E-state index in [1.807, 2.05) is 18.2 Å². The van der Waals surface area contributed by atoms with Gasteiger partial charge in [0.05, 0.1) is 12.5 Å². The number of nitrogens with zero attached hydrogens (tertiary/aromatic N) is 2. The fraction of sp³-hybridized carbons (Fsp3) is 0.318. The lowest BCUT2D eigenvalue weighted by molar-refractivity contribution is -0.150. The van der Waals surface area contributed by atoms with Gasteiger partial charge < -0.3 is 20.1 Å². The molecule has 2 N–H and O–H groups in total. The molecule has 150 valence electrons. The molecule has 0 saturated carbocycles. The second-order valence-electron chi connectivity index (χ2n) is 6.81. The summed E-state index contributed by atoms with van der Waals surface area (Å²) in [6, 6.07) is 12.5. The fourth-order valence-corrected chi connectivity index (χ4v) is 3.46. The van der Waals surface area contributed by atoms with Gasteiger partial charge in [0.1, 0.15) is 17.4 Å². The van der Waals surface area contributed by atoms with Gasteiger partial charge in [0.15, 0.2) is 0 Å². The lowest BCUT2D eigenvalue weighted by Gasteiger charge is -2.30. The van der Waals surface area contributed by atoms with Crippen molar-refractivity contribution in [3.63, 3.8) is 0 Å². The zero-order valence-corrected chi connectivity index (χ0v) is 16.2. The van der Waals surface area contributed by atoms with E-state index in [0.29, 0.717) is 43.6 Å². The van der Waals surface area contributed by atoms with Crippen LogP contribution in [0, 0.1) is 17.2 Å².